The lowest BCUT2D eigenvalue weighted by atomic mass is 10.2. The molecule has 0 radical (unpaired) electrons. The van der Waals surface area contributed by atoms with E-state index in [-0.39, 0.29) is 0 Å². The summed E-state index contributed by atoms with van der Waals surface area (Å²) in [7, 11) is -6.21. The zero-order valence-electron chi connectivity index (χ0n) is 13.8. The maximum Gasteiger partial charge on any atom is 0.466 e. The molecule has 1 atom stereocenters. The molecule has 0 spiro atoms. The Balaban J connectivity index is 5.85. The van der Waals surface area contributed by atoms with Crippen LogP contribution >= 0.6 is 0 Å². The third-order valence-electron chi connectivity index (χ3n) is 2.73. The highest BCUT2D eigenvalue weighted by atomic mass is 32.2. The third-order valence-corrected chi connectivity index (χ3v) is 3.66. The quantitative estimate of drug-likeness (QED) is 0.140. The van der Waals surface area contributed by atoms with E-state index in [9.17, 15) is 44.5 Å². The molecule has 1 amide bonds. The molecule has 0 aromatic heterocycles. The second-order valence-electron chi connectivity index (χ2n) is 4.97. The van der Waals surface area contributed by atoms with Gasteiger partial charge in [-0.1, -0.05) is 12.7 Å². The van der Waals surface area contributed by atoms with Crippen LogP contribution in [-0.4, -0.2) is 55.2 Å². The van der Waals surface area contributed by atoms with Gasteiger partial charge in [0.15, 0.2) is 10.1 Å². The number of amides is 1. The predicted octanol–water partition coefficient (Wildman–Crippen LogP) is 1.21. The van der Waals surface area contributed by atoms with E-state index < -0.39 is 64.4 Å². The molecular formula is C13H15F5NO7S-. The van der Waals surface area contributed by atoms with Gasteiger partial charge in [-0.15, -0.1) is 6.58 Å². The zero-order valence-corrected chi connectivity index (χ0v) is 14.6. The lowest BCUT2D eigenvalue weighted by Gasteiger charge is -2.33. The molecule has 0 aliphatic carbocycles. The van der Waals surface area contributed by atoms with Crippen LogP contribution in [0.4, 0.5) is 22.0 Å². The van der Waals surface area contributed by atoms with E-state index in [1.165, 1.54) is 0 Å². The third kappa shape index (κ3) is 6.25. The van der Waals surface area contributed by atoms with Crippen molar-refractivity contribution in [3.63, 3.8) is 0 Å². The molecule has 0 aromatic rings. The fourth-order valence-electron chi connectivity index (χ4n) is 1.35. The predicted molar refractivity (Wildman–Crippen MR) is 78.1 cm³/mol. The maximum absolute atomic E-state index is 13.4. The van der Waals surface area contributed by atoms with Crippen molar-refractivity contribution in [3.05, 3.63) is 24.8 Å². The summed E-state index contributed by atoms with van der Waals surface area (Å²) in [5.74, 6) is -8.24. The van der Waals surface area contributed by atoms with Crippen LogP contribution in [0.15, 0.2) is 24.8 Å². The van der Waals surface area contributed by atoms with Crippen LogP contribution in [0.1, 0.15) is 13.3 Å². The summed E-state index contributed by atoms with van der Waals surface area (Å²) in [6, 6.07) is 0. The van der Waals surface area contributed by atoms with Gasteiger partial charge in [-0.25, -0.2) is 13.2 Å². The van der Waals surface area contributed by atoms with Crippen molar-refractivity contribution in [2.24, 2.45) is 0 Å². The van der Waals surface area contributed by atoms with E-state index in [2.05, 4.69) is 22.6 Å². The molecule has 1 N–H and O–H groups in total. The maximum atomic E-state index is 13.4. The van der Waals surface area contributed by atoms with Gasteiger partial charge in [0.2, 0.25) is 0 Å². The SMILES string of the molecule is C=CCNC(=O)C(OCCC(F)(F)S(=O)(=O)[O-])(OC(=O)C(=C)C)C(F)(F)F. The number of hydrogen-bond donors (Lipinski definition) is 1. The van der Waals surface area contributed by atoms with Gasteiger partial charge in [0.05, 0.1) is 6.61 Å². The van der Waals surface area contributed by atoms with Gasteiger partial charge in [0.1, 0.15) is 0 Å². The molecule has 14 heteroatoms. The van der Waals surface area contributed by atoms with E-state index in [4.69, 9.17) is 0 Å². The number of nitrogens with one attached hydrogen (secondary N) is 1. The molecular weight excluding hydrogens is 409 g/mol. The summed E-state index contributed by atoms with van der Waals surface area (Å²) >= 11 is 0. The summed E-state index contributed by atoms with van der Waals surface area (Å²) in [5, 5.41) is -3.36. The van der Waals surface area contributed by atoms with Crippen LogP contribution in [0.2, 0.25) is 0 Å². The first-order valence-electron chi connectivity index (χ1n) is 6.84. The number of rotatable bonds is 10. The van der Waals surface area contributed by atoms with Crippen molar-refractivity contribution < 1.29 is 54.0 Å². The molecule has 0 aromatic carbocycles. The highest BCUT2D eigenvalue weighted by molar-refractivity contribution is 7.86. The molecule has 27 heavy (non-hydrogen) atoms. The number of carbonyl (C=O) groups is 2. The summed E-state index contributed by atoms with van der Waals surface area (Å²) < 4.78 is 106. The molecule has 0 saturated carbocycles. The van der Waals surface area contributed by atoms with E-state index in [1.54, 1.807) is 5.32 Å². The Morgan fingerprint density at radius 2 is 1.74 bits per heavy atom. The van der Waals surface area contributed by atoms with E-state index >= 15 is 0 Å². The highest BCUT2D eigenvalue weighted by Crippen LogP contribution is 2.37. The fraction of sp³-hybridized carbons (Fsp3) is 0.538. The van der Waals surface area contributed by atoms with Crippen LogP contribution in [-0.2, 0) is 29.2 Å². The number of carbonyl (C=O) groups excluding carboxylic acids is 2. The molecule has 0 saturated heterocycles. The number of alkyl halides is 5. The minimum Gasteiger partial charge on any atom is -0.743 e. The van der Waals surface area contributed by atoms with Gasteiger partial charge in [-0.3, -0.25) is 4.79 Å². The summed E-state index contributed by atoms with van der Waals surface area (Å²) in [5.41, 5.74) is -0.587. The number of esters is 1. The fourth-order valence-corrected chi connectivity index (χ4v) is 1.68. The van der Waals surface area contributed by atoms with Gasteiger partial charge in [0.25, 0.3) is 0 Å². The van der Waals surface area contributed by atoms with Gasteiger partial charge in [-0.05, 0) is 6.92 Å². The van der Waals surface area contributed by atoms with Crippen LogP contribution in [0.5, 0.6) is 0 Å². The van der Waals surface area contributed by atoms with E-state index in [0.29, 0.717) is 0 Å². The molecule has 8 nitrogen and oxygen atoms in total. The van der Waals surface area contributed by atoms with Gasteiger partial charge >= 0.3 is 29.1 Å². The van der Waals surface area contributed by atoms with Crippen LogP contribution in [0.3, 0.4) is 0 Å². The number of ether oxygens (including phenoxy) is 2. The highest BCUT2D eigenvalue weighted by Gasteiger charge is 2.66. The smallest absolute Gasteiger partial charge is 0.466 e. The first-order chi connectivity index (χ1) is 12.0. The first-order valence-corrected chi connectivity index (χ1v) is 8.24. The normalized spacial score (nSPS) is 14.8. The Kier molecular flexibility index (Phi) is 8.08. The van der Waals surface area contributed by atoms with Crippen molar-refractivity contribution in [3.8, 4) is 0 Å². The molecule has 0 bridgehead atoms. The molecule has 1 unspecified atom stereocenters. The largest absolute Gasteiger partial charge is 0.743 e. The van der Waals surface area contributed by atoms with Crippen molar-refractivity contribution >= 4 is 22.0 Å². The van der Waals surface area contributed by atoms with Crippen molar-refractivity contribution in [1.29, 1.82) is 0 Å². The van der Waals surface area contributed by atoms with E-state index in [0.717, 1.165) is 13.0 Å². The van der Waals surface area contributed by atoms with E-state index in [1.807, 2.05) is 0 Å². The lowest BCUT2D eigenvalue weighted by Crippen LogP contribution is -2.61. The second kappa shape index (κ2) is 8.75. The molecule has 0 aliphatic rings. The first kappa shape index (κ1) is 24.9. The molecule has 0 heterocycles. The summed E-state index contributed by atoms with van der Waals surface area (Å²) in [4.78, 5) is 23.4. The van der Waals surface area contributed by atoms with Crippen molar-refractivity contribution in [2.75, 3.05) is 13.2 Å². The van der Waals surface area contributed by atoms with Crippen LogP contribution in [0, 0.1) is 0 Å². The Morgan fingerprint density at radius 1 is 1.22 bits per heavy atom. The van der Waals surface area contributed by atoms with Crippen LogP contribution in [0.25, 0.3) is 0 Å². The van der Waals surface area contributed by atoms with Crippen molar-refractivity contribution in [1.82, 2.24) is 5.32 Å². The van der Waals surface area contributed by atoms with Gasteiger partial charge in [0, 0.05) is 18.5 Å². The Morgan fingerprint density at radius 3 is 2.11 bits per heavy atom. The Hall–Kier alpha value is -2.06. The second-order valence-corrected chi connectivity index (χ2v) is 6.48. The molecule has 0 fully saturated rings. The number of hydrogen-bond acceptors (Lipinski definition) is 7. The molecule has 0 aliphatic heterocycles. The standard InChI is InChI=1S/C13H16F5NO7S/c1-4-6-19-10(21)12(13(16,17)18,26-9(20)8(2)3)25-7-5-11(14,15)27(22,23)24/h4H,1-2,5-7H2,3H3,(H,19,21)(H,22,23,24)/p-1. The minimum atomic E-state index is -6.21. The van der Waals surface area contributed by atoms with Gasteiger partial charge in [-0.2, -0.15) is 22.0 Å². The Bertz CT molecular complexity index is 704. The summed E-state index contributed by atoms with van der Waals surface area (Å²) in [6.07, 6.45) is -6.84. The molecule has 156 valence electrons. The van der Waals surface area contributed by atoms with Crippen LogP contribution < -0.4 is 5.32 Å². The molecule has 0 rings (SSSR count). The van der Waals surface area contributed by atoms with Crippen molar-refractivity contribution in [2.45, 2.75) is 30.6 Å². The minimum absolute atomic E-state index is 0.546. The number of halogens is 5. The monoisotopic (exact) mass is 424 g/mol. The summed E-state index contributed by atoms with van der Waals surface area (Å²) in [6.45, 7) is 4.75. The topological polar surface area (TPSA) is 122 Å². The average molecular weight is 424 g/mol. The lowest BCUT2D eigenvalue weighted by molar-refractivity contribution is -0.348. The van der Waals surface area contributed by atoms with Gasteiger partial charge < -0.3 is 19.3 Å². The zero-order chi connectivity index (χ0) is 21.7. The Labute approximate surface area is 150 Å². The average Bonchev–Trinajstić information content (AvgIpc) is 2.48.